The third-order valence-electron chi connectivity index (χ3n) is 2.81. The van der Waals surface area contributed by atoms with E-state index in [1.54, 1.807) is 4.72 Å². The minimum absolute atomic E-state index is 0. The summed E-state index contributed by atoms with van der Waals surface area (Å²) in [4.78, 5) is 53.5. The third-order valence-corrected chi connectivity index (χ3v) is 4.73. The maximum atomic E-state index is 12.3. The molecule has 0 aromatic heterocycles. The van der Waals surface area contributed by atoms with Gasteiger partial charge in [0.25, 0.3) is 5.69 Å². The number of phosphoric ester groups is 1. The van der Waals surface area contributed by atoms with Crippen LogP contribution in [0.4, 0.5) is 5.69 Å². The molecule has 150 valence electrons. The molecule has 13 nitrogen and oxygen atoms in total. The number of hydrogen-bond acceptors (Lipinski definition) is 11. The second-order valence-corrected chi connectivity index (χ2v) is 7.58. The molecule has 0 bridgehead atoms. The number of sulfonamides is 1. The molecule has 17 heteroatoms. The number of esters is 1. The van der Waals surface area contributed by atoms with E-state index >= 15 is 0 Å². The SMILES string of the molecule is CCOC(=O)[C@H](CC(=O)OP(=O)([O-])[O-])NS(=O)(=O)c1ccc([N+](=O)[O-])cc1.[Na+].[Na+]. The van der Waals surface area contributed by atoms with Crippen LogP contribution in [0.15, 0.2) is 29.2 Å². The number of nitro benzene ring substituents is 1. The fraction of sp³-hybridized carbons (Fsp3) is 0.333. The van der Waals surface area contributed by atoms with Gasteiger partial charge in [-0.3, -0.25) is 19.7 Å². The molecule has 1 atom stereocenters. The van der Waals surface area contributed by atoms with Crippen LogP contribution in [0.3, 0.4) is 0 Å². The molecule has 0 radical (unpaired) electrons. The molecule has 0 aliphatic rings. The molecule has 1 aromatic rings. The second-order valence-electron chi connectivity index (χ2n) is 4.79. The first kappa shape index (κ1) is 30.8. The number of hydrogen-bond donors (Lipinski definition) is 1. The maximum absolute atomic E-state index is 12.3. The van der Waals surface area contributed by atoms with Gasteiger partial charge in [0, 0.05) is 12.1 Å². The number of non-ortho nitro benzene ring substituents is 1. The van der Waals surface area contributed by atoms with Crippen LogP contribution in [0, 0.1) is 10.1 Å². The molecule has 0 amide bonds. The van der Waals surface area contributed by atoms with Gasteiger partial charge in [-0.1, -0.05) is 0 Å². The smallest absolute Gasteiger partial charge is 0.780 e. The summed E-state index contributed by atoms with van der Waals surface area (Å²) < 4.78 is 44.9. The van der Waals surface area contributed by atoms with Gasteiger partial charge >= 0.3 is 71.1 Å². The minimum atomic E-state index is -5.69. The van der Waals surface area contributed by atoms with E-state index in [4.69, 9.17) is 0 Å². The first-order chi connectivity index (χ1) is 12.4. The molecule has 29 heavy (non-hydrogen) atoms. The fourth-order valence-corrected chi connectivity index (χ4v) is 3.26. The Morgan fingerprint density at radius 1 is 1.21 bits per heavy atom. The monoisotopic (exact) mass is 470 g/mol. The van der Waals surface area contributed by atoms with Crippen LogP contribution in [0.5, 0.6) is 0 Å². The Balaban J connectivity index is 0. The number of phosphoric acid groups is 1. The first-order valence-corrected chi connectivity index (χ1v) is 9.98. The Morgan fingerprint density at radius 2 is 1.72 bits per heavy atom. The molecule has 0 aliphatic carbocycles. The van der Waals surface area contributed by atoms with E-state index in [9.17, 15) is 42.5 Å². The molecule has 1 aromatic carbocycles. The summed E-state index contributed by atoms with van der Waals surface area (Å²) in [7, 11) is -10.2. The zero-order valence-corrected chi connectivity index (χ0v) is 21.3. The van der Waals surface area contributed by atoms with Crippen LogP contribution in [0.25, 0.3) is 0 Å². The Kier molecular flexibility index (Phi) is 13.9. The van der Waals surface area contributed by atoms with E-state index in [1.807, 2.05) is 0 Å². The molecule has 0 unspecified atom stereocenters. The average molecular weight is 470 g/mol. The molecule has 0 saturated carbocycles. The predicted molar refractivity (Wildman–Crippen MR) is 82.2 cm³/mol. The van der Waals surface area contributed by atoms with E-state index in [1.165, 1.54) is 6.92 Å². The summed E-state index contributed by atoms with van der Waals surface area (Å²) in [5.74, 6) is -2.90. The van der Waals surface area contributed by atoms with Gasteiger partial charge in [0.2, 0.25) is 10.0 Å². The molecule has 0 heterocycles. The summed E-state index contributed by atoms with van der Waals surface area (Å²) in [6, 6.07) is 1.65. The molecule has 0 saturated heterocycles. The summed E-state index contributed by atoms with van der Waals surface area (Å²) >= 11 is 0. The fourth-order valence-electron chi connectivity index (χ4n) is 1.75. The molecule has 1 N–H and O–H groups in total. The van der Waals surface area contributed by atoms with E-state index in [2.05, 4.69) is 9.26 Å². The van der Waals surface area contributed by atoms with Crippen molar-refractivity contribution in [3.63, 3.8) is 0 Å². The van der Waals surface area contributed by atoms with Gasteiger partial charge < -0.3 is 23.6 Å². The molecule has 1 rings (SSSR count). The van der Waals surface area contributed by atoms with Crippen molar-refractivity contribution in [2.24, 2.45) is 0 Å². The van der Waals surface area contributed by atoms with Crippen LogP contribution in [-0.2, 0) is 33.4 Å². The Hall–Kier alpha value is -0.380. The van der Waals surface area contributed by atoms with E-state index in [0.29, 0.717) is 0 Å². The summed E-state index contributed by atoms with van der Waals surface area (Å²) in [6.45, 7) is 1.20. The van der Waals surface area contributed by atoms with E-state index in [-0.39, 0.29) is 71.4 Å². The minimum Gasteiger partial charge on any atom is -0.780 e. The van der Waals surface area contributed by atoms with Crippen molar-refractivity contribution in [3.05, 3.63) is 34.4 Å². The number of nitrogens with one attached hydrogen (secondary N) is 1. The number of carbonyl (C=O) groups is 2. The van der Waals surface area contributed by atoms with Gasteiger partial charge in [0.15, 0.2) is 0 Å². The topological polar surface area (TPSA) is 205 Å². The summed E-state index contributed by atoms with van der Waals surface area (Å²) in [6.07, 6.45) is -1.14. The van der Waals surface area contributed by atoms with Crippen molar-refractivity contribution < 1.29 is 106 Å². The van der Waals surface area contributed by atoms with Gasteiger partial charge in [0.05, 0.1) is 22.8 Å². The van der Waals surface area contributed by atoms with Gasteiger partial charge in [-0.05, 0) is 19.1 Å². The Bertz CT molecular complexity index is 872. The molecular weight excluding hydrogens is 457 g/mol. The molecular formula is C12H13N2Na2O11PS. The number of carbonyl (C=O) groups excluding carboxylic acids is 2. The number of benzene rings is 1. The number of nitro groups is 1. The Morgan fingerprint density at radius 3 is 2.14 bits per heavy atom. The van der Waals surface area contributed by atoms with Crippen molar-refractivity contribution in [3.8, 4) is 0 Å². The standard InChI is InChI=1S/C12H15N2O11PS.2Na/c1-2-24-12(16)10(7-11(15)25-26(19,20)21)13-27(22,23)9-5-3-8(4-6-9)14(17)18;;/h3-6,10,13H,2,7H2,1H3,(H2,19,20,21);;/q;2*+1/p-2/t10-;;/m0../s1. The van der Waals surface area contributed by atoms with Gasteiger partial charge in [0.1, 0.15) is 13.9 Å². The summed E-state index contributed by atoms with van der Waals surface area (Å²) in [5.41, 5.74) is -0.388. The predicted octanol–water partition coefficient (Wildman–Crippen LogP) is -7.43. The summed E-state index contributed by atoms with van der Waals surface area (Å²) in [5, 5.41) is 10.6. The van der Waals surface area contributed by atoms with Crippen LogP contribution >= 0.6 is 7.82 Å². The second kappa shape index (κ2) is 13.1. The van der Waals surface area contributed by atoms with Crippen molar-refractivity contribution in [2.45, 2.75) is 24.3 Å². The molecule has 0 fully saturated rings. The molecule has 0 aliphatic heterocycles. The van der Waals surface area contributed by atoms with E-state index in [0.717, 1.165) is 24.3 Å². The van der Waals surface area contributed by atoms with Crippen molar-refractivity contribution in [1.29, 1.82) is 0 Å². The first-order valence-electron chi connectivity index (χ1n) is 7.03. The van der Waals surface area contributed by atoms with Gasteiger partial charge in [-0.15, -0.1) is 0 Å². The third kappa shape index (κ3) is 11.0. The van der Waals surface area contributed by atoms with Crippen LogP contribution in [0.2, 0.25) is 0 Å². The average Bonchev–Trinajstić information content (AvgIpc) is 2.52. The van der Waals surface area contributed by atoms with Crippen LogP contribution in [0.1, 0.15) is 13.3 Å². The van der Waals surface area contributed by atoms with Crippen LogP contribution in [-0.4, -0.2) is 37.9 Å². The van der Waals surface area contributed by atoms with Gasteiger partial charge in [-0.25, -0.2) is 8.42 Å². The normalized spacial score (nSPS) is 12.0. The van der Waals surface area contributed by atoms with Crippen molar-refractivity contribution in [2.75, 3.05) is 6.61 Å². The van der Waals surface area contributed by atoms with Crippen molar-refractivity contribution in [1.82, 2.24) is 4.72 Å². The van der Waals surface area contributed by atoms with Gasteiger partial charge in [-0.2, -0.15) is 4.72 Å². The van der Waals surface area contributed by atoms with E-state index < -0.39 is 52.1 Å². The molecule has 0 spiro atoms. The number of rotatable bonds is 9. The number of ether oxygens (including phenoxy) is 1. The number of nitrogens with zero attached hydrogens (tertiary/aromatic N) is 1. The Labute approximate surface area is 209 Å². The zero-order chi connectivity index (χ0) is 20.8. The maximum Gasteiger partial charge on any atom is 1.00 e. The van der Waals surface area contributed by atoms with Crippen LogP contribution < -0.4 is 73.6 Å². The quantitative estimate of drug-likeness (QED) is 0.118. The largest absolute Gasteiger partial charge is 1.00 e. The zero-order valence-electron chi connectivity index (χ0n) is 15.6. The van der Waals surface area contributed by atoms with Crippen molar-refractivity contribution >= 4 is 35.5 Å².